The summed E-state index contributed by atoms with van der Waals surface area (Å²) in [7, 11) is 1.58. The van der Waals surface area contributed by atoms with Crippen LogP contribution < -0.4 is 5.43 Å². The van der Waals surface area contributed by atoms with Crippen molar-refractivity contribution in [1.29, 1.82) is 0 Å². The van der Waals surface area contributed by atoms with Crippen LogP contribution in [0.4, 0.5) is 5.82 Å². The first-order valence-corrected chi connectivity index (χ1v) is 4.84. The molecule has 14 heavy (non-hydrogen) atoms. The first-order valence-electron chi connectivity index (χ1n) is 3.67. The quantitative estimate of drug-likeness (QED) is 0.675. The fourth-order valence-electron chi connectivity index (χ4n) is 0.639. The topological polar surface area (TPSA) is 59.4 Å². The van der Waals surface area contributed by atoms with E-state index in [1.807, 2.05) is 0 Å². The van der Waals surface area contributed by atoms with Crippen molar-refractivity contribution in [3.8, 4) is 0 Å². The van der Waals surface area contributed by atoms with Crippen LogP contribution in [0.15, 0.2) is 17.5 Å². The van der Waals surface area contributed by atoms with Gasteiger partial charge in [-0.3, -0.25) is 5.43 Å². The van der Waals surface area contributed by atoms with Crippen molar-refractivity contribution in [2.45, 2.75) is 0 Å². The molecular formula is C7H8BrClN4O. The minimum atomic E-state index is 0.343. The number of hydrazone groups is 1. The maximum Gasteiger partial charge on any atom is 0.164 e. The third-order valence-corrected chi connectivity index (χ3v) is 1.78. The van der Waals surface area contributed by atoms with E-state index in [2.05, 4.69) is 36.4 Å². The van der Waals surface area contributed by atoms with Crippen LogP contribution in [0, 0.1) is 0 Å². The summed E-state index contributed by atoms with van der Waals surface area (Å²) in [5, 5.41) is 4.27. The predicted octanol–water partition coefficient (Wildman–Crippen LogP) is 1.90. The molecule has 0 saturated heterocycles. The average Bonchev–Trinajstić information content (AvgIpc) is 2.17. The molecule has 0 aliphatic carbocycles. The van der Waals surface area contributed by atoms with E-state index in [9.17, 15) is 0 Å². The Morgan fingerprint density at radius 3 is 3.00 bits per heavy atom. The van der Waals surface area contributed by atoms with Crippen LogP contribution in [0.5, 0.6) is 0 Å². The highest BCUT2D eigenvalue weighted by Gasteiger charge is 1.94. The Kier molecular flexibility index (Phi) is 4.78. The Morgan fingerprint density at radius 2 is 2.43 bits per heavy atom. The Labute approximate surface area is 94.7 Å². The van der Waals surface area contributed by atoms with E-state index in [1.165, 1.54) is 12.4 Å². The standard InChI is InChI=1S/C7H8BrClN4O/c1-14-4-5(8)12-13-7-3-10-6(9)2-11-7/h2-3H,4H2,1H3,(H,11,13). The number of nitrogens with one attached hydrogen (secondary N) is 1. The summed E-state index contributed by atoms with van der Waals surface area (Å²) in [5.74, 6) is 0.516. The van der Waals surface area contributed by atoms with Crippen LogP contribution in [0.1, 0.15) is 0 Å². The van der Waals surface area contributed by atoms with Crippen molar-refractivity contribution in [1.82, 2.24) is 9.97 Å². The summed E-state index contributed by atoms with van der Waals surface area (Å²) in [6, 6.07) is 0. The largest absolute Gasteiger partial charge is 0.378 e. The first-order chi connectivity index (χ1) is 6.72. The molecule has 0 aliphatic rings. The minimum Gasteiger partial charge on any atom is -0.378 e. The molecule has 0 aromatic carbocycles. The zero-order chi connectivity index (χ0) is 10.4. The third-order valence-electron chi connectivity index (χ3n) is 1.18. The van der Waals surface area contributed by atoms with Gasteiger partial charge in [0.15, 0.2) is 5.82 Å². The monoisotopic (exact) mass is 278 g/mol. The van der Waals surface area contributed by atoms with Gasteiger partial charge in [0, 0.05) is 7.11 Å². The maximum atomic E-state index is 5.56. The van der Waals surface area contributed by atoms with Gasteiger partial charge < -0.3 is 4.74 Å². The normalized spacial score (nSPS) is 11.5. The fourth-order valence-corrected chi connectivity index (χ4v) is 1.05. The van der Waals surface area contributed by atoms with Crippen molar-refractivity contribution >= 4 is 38.0 Å². The van der Waals surface area contributed by atoms with Crippen LogP contribution in [-0.2, 0) is 4.74 Å². The summed E-state index contributed by atoms with van der Waals surface area (Å²) in [6.07, 6.45) is 2.92. The van der Waals surface area contributed by atoms with Gasteiger partial charge in [0.25, 0.3) is 0 Å². The lowest BCUT2D eigenvalue weighted by Crippen LogP contribution is -2.02. The Morgan fingerprint density at radius 1 is 1.64 bits per heavy atom. The van der Waals surface area contributed by atoms with Crippen molar-refractivity contribution < 1.29 is 4.74 Å². The van der Waals surface area contributed by atoms with Crippen LogP contribution >= 0.6 is 27.5 Å². The third kappa shape index (κ3) is 3.99. The smallest absolute Gasteiger partial charge is 0.164 e. The summed E-state index contributed by atoms with van der Waals surface area (Å²) in [5.41, 5.74) is 2.69. The molecule has 0 unspecified atom stereocenters. The fraction of sp³-hybridized carbons (Fsp3) is 0.286. The van der Waals surface area contributed by atoms with E-state index in [0.717, 1.165) is 0 Å². The highest BCUT2D eigenvalue weighted by Crippen LogP contribution is 2.05. The summed E-state index contributed by atoms with van der Waals surface area (Å²) in [4.78, 5) is 7.76. The van der Waals surface area contributed by atoms with Gasteiger partial charge in [0.2, 0.25) is 0 Å². The van der Waals surface area contributed by atoms with Crippen molar-refractivity contribution in [2.75, 3.05) is 19.1 Å². The molecule has 1 aromatic heterocycles. The zero-order valence-corrected chi connectivity index (χ0v) is 9.71. The van der Waals surface area contributed by atoms with Gasteiger partial charge in [-0.2, -0.15) is 5.10 Å². The lowest BCUT2D eigenvalue weighted by Gasteiger charge is -1.99. The van der Waals surface area contributed by atoms with Gasteiger partial charge in [0.1, 0.15) is 9.77 Å². The molecule has 1 N–H and O–H groups in total. The van der Waals surface area contributed by atoms with E-state index in [-0.39, 0.29) is 0 Å². The van der Waals surface area contributed by atoms with Crippen molar-refractivity contribution in [3.05, 3.63) is 17.5 Å². The molecule has 1 aromatic rings. The molecule has 0 aliphatic heterocycles. The number of nitrogens with zero attached hydrogens (tertiary/aromatic N) is 3. The molecule has 0 spiro atoms. The number of rotatable bonds is 4. The number of hydrogen-bond donors (Lipinski definition) is 1. The van der Waals surface area contributed by atoms with Crippen LogP contribution in [0.2, 0.25) is 5.15 Å². The molecule has 0 bridgehead atoms. The number of hydrogen-bond acceptors (Lipinski definition) is 5. The Bertz CT molecular complexity index is 316. The summed E-state index contributed by atoms with van der Waals surface area (Å²) >= 11 is 8.76. The number of aromatic nitrogens is 2. The highest BCUT2D eigenvalue weighted by atomic mass is 79.9. The molecule has 5 nitrogen and oxygen atoms in total. The Balaban J connectivity index is 2.53. The van der Waals surface area contributed by atoms with E-state index >= 15 is 0 Å². The van der Waals surface area contributed by atoms with Gasteiger partial charge in [-0.25, -0.2) is 9.97 Å². The minimum absolute atomic E-state index is 0.343. The number of anilines is 1. The molecule has 0 saturated carbocycles. The van der Waals surface area contributed by atoms with Gasteiger partial charge >= 0.3 is 0 Å². The van der Waals surface area contributed by atoms with Crippen LogP contribution in [0.3, 0.4) is 0 Å². The number of ether oxygens (including phenoxy) is 1. The van der Waals surface area contributed by atoms with Gasteiger partial charge in [0.05, 0.1) is 19.0 Å². The maximum absolute atomic E-state index is 5.56. The molecule has 0 amide bonds. The molecular weight excluding hydrogens is 271 g/mol. The molecule has 1 heterocycles. The van der Waals surface area contributed by atoms with Gasteiger partial charge in [-0.1, -0.05) is 11.6 Å². The highest BCUT2D eigenvalue weighted by molar-refractivity contribution is 9.18. The lowest BCUT2D eigenvalue weighted by atomic mass is 10.7. The summed E-state index contributed by atoms with van der Waals surface area (Å²) in [6.45, 7) is 0.397. The molecule has 0 atom stereocenters. The average molecular weight is 280 g/mol. The summed E-state index contributed by atoms with van der Waals surface area (Å²) < 4.78 is 5.47. The molecule has 0 fully saturated rings. The van der Waals surface area contributed by atoms with Crippen LogP contribution in [0.25, 0.3) is 0 Å². The second kappa shape index (κ2) is 5.90. The first kappa shape index (κ1) is 11.4. The predicted molar refractivity (Wildman–Crippen MR) is 58.9 cm³/mol. The molecule has 1 rings (SSSR count). The van der Waals surface area contributed by atoms with E-state index in [4.69, 9.17) is 16.3 Å². The van der Waals surface area contributed by atoms with Crippen LogP contribution in [-0.4, -0.2) is 28.3 Å². The molecule has 76 valence electrons. The van der Waals surface area contributed by atoms with Gasteiger partial charge in [-0.05, 0) is 15.9 Å². The number of methoxy groups -OCH3 is 1. The van der Waals surface area contributed by atoms with Gasteiger partial charge in [-0.15, -0.1) is 0 Å². The number of halogens is 2. The van der Waals surface area contributed by atoms with E-state index < -0.39 is 0 Å². The zero-order valence-electron chi connectivity index (χ0n) is 7.37. The van der Waals surface area contributed by atoms with E-state index in [1.54, 1.807) is 7.11 Å². The molecule has 0 radical (unpaired) electrons. The van der Waals surface area contributed by atoms with E-state index in [0.29, 0.717) is 22.2 Å². The second-order valence-electron chi connectivity index (χ2n) is 2.26. The van der Waals surface area contributed by atoms with Crippen molar-refractivity contribution in [3.63, 3.8) is 0 Å². The molecule has 7 heteroatoms. The van der Waals surface area contributed by atoms with Crippen molar-refractivity contribution in [2.24, 2.45) is 5.10 Å². The second-order valence-corrected chi connectivity index (χ2v) is 3.56. The SMILES string of the molecule is COCC(Br)=NNc1cnc(Cl)cn1. The lowest BCUT2D eigenvalue weighted by molar-refractivity contribution is 0.247. The Hall–Kier alpha value is -0.720.